The largest absolute Gasteiger partial charge is 0.492 e. The molecule has 0 saturated carbocycles. The first-order valence-electron chi connectivity index (χ1n) is 6.38. The number of nitrogens with one attached hydrogen (secondary N) is 1. The van der Waals surface area contributed by atoms with Crippen LogP contribution in [0.2, 0.25) is 5.02 Å². The molecular formula is C16H16ClNO2. The molecular weight excluding hydrogens is 274 g/mol. The maximum Gasteiger partial charge on any atom is 0.251 e. The molecule has 0 fully saturated rings. The average molecular weight is 290 g/mol. The maximum absolute atomic E-state index is 11.9. The molecule has 0 aromatic heterocycles. The van der Waals surface area contributed by atoms with Gasteiger partial charge in [0.05, 0.1) is 6.54 Å². The molecule has 0 aliphatic rings. The summed E-state index contributed by atoms with van der Waals surface area (Å²) in [5, 5.41) is 3.49. The average Bonchev–Trinajstić information content (AvgIpc) is 2.45. The zero-order chi connectivity index (χ0) is 14.4. The summed E-state index contributed by atoms with van der Waals surface area (Å²) in [4.78, 5) is 11.9. The molecule has 0 heterocycles. The van der Waals surface area contributed by atoms with Crippen molar-refractivity contribution in [1.29, 1.82) is 0 Å². The lowest BCUT2D eigenvalue weighted by atomic mass is 10.1. The lowest BCUT2D eigenvalue weighted by Gasteiger charge is -2.08. The molecule has 0 radical (unpaired) electrons. The molecule has 20 heavy (non-hydrogen) atoms. The highest BCUT2D eigenvalue weighted by Gasteiger charge is 2.04. The van der Waals surface area contributed by atoms with Crippen molar-refractivity contribution in [1.82, 2.24) is 5.32 Å². The van der Waals surface area contributed by atoms with E-state index in [1.165, 1.54) is 0 Å². The minimum atomic E-state index is -0.0894. The second kappa shape index (κ2) is 6.96. The van der Waals surface area contributed by atoms with Crippen molar-refractivity contribution < 1.29 is 9.53 Å². The monoisotopic (exact) mass is 289 g/mol. The third-order valence-electron chi connectivity index (χ3n) is 2.75. The van der Waals surface area contributed by atoms with Gasteiger partial charge in [0.15, 0.2) is 0 Å². The normalized spacial score (nSPS) is 10.1. The van der Waals surface area contributed by atoms with Gasteiger partial charge in [-0.25, -0.2) is 0 Å². The van der Waals surface area contributed by atoms with Crippen LogP contribution in [0.25, 0.3) is 0 Å². The number of hydrogen-bond donors (Lipinski definition) is 1. The van der Waals surface area contributed by atoms with Crippen molar-refractivity contribution in [2.45, 2.75) is 6.92 Å². The predicted octanol–water partition coefficient (Wildman–Crippen LogP) is 3.46. The number of rotatable bonds is 5. The zero-order valence-corrected chi connectivity index (χ0v) is 12.0. The summed E-state index contributed by atoms with van der Waals surface area (Å²) in [6.07, 6.45) is 0. The van der Waals surface area contributed by atoms with Crippen molar-refractivity contribution in [3.05, 3.63) is 64.7 Å². The Hall–Kier alpha value is -2.00. The number of carbonyl (C=O) groups is 1. The maximum atomic E-state index is 11.9. The molecule has 4 heteroatoms. The number of amides is 1. The van der Waals surface area contributed by atoms with Gasteiger partial charge >= 0.3 is 0 Å². The van der Waals surface area contributed by atoms with Crippen molar-refractivity contribution in [3.8, 4) is 5.75 Å². The fraction of sp³-hybridized carbons (Fsp3) is 0.188. The smallest absolute Gasteiger partial charge is 0.251 e. The summed E-state index contributed by atoms with van der Waals surface area (Å²) in [5.41, 5.74) is 1.73. The van der Waals surface area contributed by atoms with Crippen LogP contribution >= 0.6 is 11.6 Å². The lowest BCUT2D eigenvalue weighted by molar-refractivity contribution is 0.0947. The lowest BCUT2D eigenvalue weighted by Crippen LogP contribution is -2.28. The fourth-order valence-corrected chi connectivity index (χ4v) is 1.88. The molecule has 0 aliphatic heterocycles. The second-order valence-electron chi connectivity index (χ2n) is 4.43. The predicted molar refractivity (Wildman–Crippen MR) is 80.5 cm³/mol. The van der Waals surface area contributed by atoms with Gasteiger partial charge in [-0.1, -0.05) is 29.3 Å². The van der Waals surface area contributed by atoms with Crippen LogP contribution in [0.5, 0.6) is 5.75 Å². The summed E-state index contributed by atoms with van der Waals surface area (Å²) in [6.45, 7) is 2.83. The van der Waals surface area contributed by atoms with Gasteiger partial charge < -0.3 is 10.1 Å². The van der Waals surface area contributed by atoms with Gasteiger partial charge in [0.2, 0.25) is 0 Å². The van der Waals surface area contributed by atoms with E-state index in [0.29, 0.717) is 23.7 Å². The van der Waals surface area contributed by atoms with Crippen LogP contribution in [0.15, 0.2) is 48.5 Å². The van der Waals surface area contributed by atoms with E-state index in [9.17, 15) is 4.79 Å². The summed E-state index contributed by atoms with van der Waals surface area (Å²) < 4.78 is 5.50. The van der Waals surface area contributed by atoms with Crippen LogP contribution in [0.4, 0.5) is 0 Å². The molecule has 0 bridgehead atoms. The van der Waals surface area contributed by atoms with E-state index in [1.807, 2.05) is 25.1 Å². The Bertz CT molecular complexity index is 581. The summed E-state index contributed by atoms with van der Waals surface area (Å²) >= 11 is 5.78. The molecule has 2 aromatic rings. The van der Waals surface area contributed by atoms with Crippen molar-refractivity contribution in [2.75, 3.05) is 13.2 Å². The van der Waals surface area contributed by atoms with Crippen LogP contribution in [0.1, 0.15) is 15.9 Å². The number of hydrogen-bond acceptors (Lipinski definition) is 2. The summed E-state index contributed by atoms with van der Waals surface area (Å²) in [6, 6.07) is 14.6. The van der Waals surface area contributed by atoms with Crippen molar-refractivity contribution >= 4 is 17.5 Å². The molecule has 0 atom stereocenters. The first-order valence-corrected chi connectivity index (χ1v) is 6.76. The van der Waals surface area contributed by atoms with E-state index in [2.05, 4.69) is 5.32 Å². The van der Waals surface area contributed by atoms with Gasteiger partial charge in [0, 0.05) is 10.6 Å². The van der Waals surface area contributed by atoms with Crippen molar-refractivity contribution in [3.63, 3.8) is 0 Å². The van der Waals surface area contributed by atoms with E-state index in [-0.39, 0.29) is 5.91 Å². The number of halogens is 1. The standard InChI is InChI=1S/C16H16ClNO2/c1-12-3-2-4-13(11-12)16(19)18-9-10-20-15-7-5-14(17)6-8-15/h2-8,11H,9-10H2,1H3,(H,18,19). The van der Waals surface area contributed by atoms with Gasteiger partial charge in [-0.3, -0.25) is 4.79 Å². The zero-order valence-electron chi connectivity index (χ0n) is 11.2. The molecule has 1 N–H and O–H groups in total. The molecule has 0 unspecified atom stereocenters. The Balaban J connectivity index is 1.76. The summed E-state index contributed by atoms with van der Waals surface area (Å²) in [5.74, 6) is 0.646. The van der Waals surface area contributed by atoms with E-state index in [0.717, 1.165) is 11.3 Å². The third kappa shape index (κ3) is 4.28. The number of carbonyl (C=O) groups excluding carboxylic acids is 1. The molecule has 3 nitrogen and oxygen atoms in total. The third-order valence-corrected chi connectivity index (χ3v) is 3.00. The topological polar surface area (TPSA) is 38.3 Å². The van der Waals surface area contributed by atoms with Gasteiger partial charge in [0.25, 0.3) is 5.91 Å². The molecule has 0 saturated heterocycles. The highest BCUT2D eigenvalue weighted by Crippen LogP contribution is 2.15. The number of ether oxygens (including phenoxy) is 1. The molecule has 0 spiro atoms. The first-order chi connectivity index (χ1) is 9.65. The van der Waals surface area contributed by atoms with Crippen LogP contribution in [0, 0.1) is 6.92 Å². The minimum absolute atomic E-state index is 0.0894. The van der Waals surface area contributed by atoms with Crippen LogP contribution in [-0.2, 0) is 0 Å². The number of aryl methyl sites for hydroxylation is 1. The SMILES string of the molecule is Cc1cccc(C(=O)NCCOc2ccc(Cl)cc2)c1. The van der Waals surface area contributed by atoms with E-state index in [4.69, 9.17) is 16.3 Å². The Kier molecular flexibility index (Phi) is 5.02. The van der Waals surface area contributed by atoms with Gasteiger partial charge in [0.1, 0.15) is 12.4 Å². The number of benzene rings is 2. The van der Waals surface area contributed by atoms with E-state index in [1.54, 1.807) is 30.3 Å². The van der Waals surface area contributed by atoms with E-state index >= 15 is 0 Å². The van der Waals surface area contributed by atoms with Gasteiger partial charge in [-0.2, -0.15) is 0 Å². The Morgan fingerprint density at radius 3 is 2.65 bits per heavy atom. The van der Waals surface area contributed by atoms with E-state index < -0.39 is 0 Å². The fourth-order valence-electron chi connectivity index (χ4n) is 1.75. The van der Waals surface area contributed by atoms with Gasteiger partial charge in [-0.05, 0) is 43.3 Å². The van der Waals surface area contributed by atoms with Crippen LogP contribution < -0.4 is 10.1 Å². The molecule has 2 aromatic carbocycles. The molecule has 104 valence electrons. The Morgan fingerprint density at radius 2 is 1.95 bits per heavy atom. The highest BCUT2D eigenvalue weighted by molar-refractivity contribution is 6.30. The Morgan fingerprint density at radius 1 is 1.20 bits per heavy atom. The molecule has 1 amide bonds. The molecule has 0 aliphatic carbocycles. The summed E-state index contributed by atoms with van der Waals surface area (Å²) in [7, 11) is 0. The quantitative estimate of drug-likeness (QED) is 0.856. The second-order valence-corrected chi connectivity index (χ2v) is 4.86. The Labute approximate surface area is 123 Å². The van der Waals surface area contributed by atoms with Crippen LogP contribution in [0.3, 0.4) is 0 Å². The van der Waals surface area contributed by atoms with Crippen LogP contribution in [-0.4, -0.2) is 19.1 Å². The van der Waals surface area contributed by atoms with Crippen molar-refractivity contribution in [2.24, 2.45) is 0 Å². The highest BCUT2D eigenvalue weighted by atomic mass is 35.5. The molecule has 2 rings (SSSR count). The minimum Gasteiger partial charge on any atom is -0.492 e. The first kappa shape index (κ1) is 14.4. The van der Waals surface area contributed by atoms with Gasteiger partial charge in [-0.15, -0.1) is 0 Å².